The van der Waals surface area contributed by atoms with Crippen LogP contribution < -0.4 is 10.6 Å². The van der Waals surface area contributed by atoms with Crippen LogP contribution in [0.2, 0.25) is 0 Å². The van der Waals surface area contributed by atoms with Crippen LogP contribution in [0.15, 0.2) is 36.9 Å². The number of carbonyl (C=O) groups is 1. The van der Waals surface area contributed by atoms with Gasteiger partial charge < -0.3 is 10.6 Å². The molecule has 0 spiro atoms. The van der Waals surface area contributed by atoms with Crippen molar-refractivity contribution in [2.24, 2.45) is 7.05 Å². The topological polar surface area (TPSA) is 71.8 Å². The number of anilines is 1. The van der Waals surface area contributed by atoms with Gasteiger partial charge in [-0.25, -0.2) is 0 Å². The summed E-state index contributed by atoms with van der Waals surface area (Å²) in [5.41, 5.74) is 1.49. The minimum absolute atomic E-state index is 0.140. The fourth-order valence-electron chi connectivity index (χ4n) is 1.69. The molecule has 2 rings (SSSR count). The summed E-state index contributed by atoms with van der Waals surface area (Å²) in [5, 5.41) is 9.82. The van der Waals surface area contributed by atoms with E-state index in [1.165, 1.54) is 0 Å². The molecular weight excluding hydrogens is 230 g/mol. The van der Waals surface area contributed by atoms with Crippen molar-refractivity contribution in [3.8, 4) is 0 Å². The molecule has 0 radical (unpaired) electrons. The molecule has 6 nitrogen and oxygen atoms in total. The lowest BCUT2D eigenvalue weighted by Gasteiger charge is -2.14. The third-order valence-corrected chi connectivity index (χ3v) is 2.54. The van der Waals surface area contributed by atoms with Crippen molar-refractivity contribution < 1.29 is 4.79 Å². The van der Waals surface area contributed by atoms with E-state index >= 15 is 0 Å². The number of aromatic nitrogens is 3. The van der Waals surface area contributed by atoms with Crippen molar-refractivity contribution in [2.75, 3.05) is 12.4 Å². The molecule has 1 unspecified atom stereocenters. The fraction of sp³-hybridized carbons (Fsp3) is 0.250. The molecule has 0 aromatic carbocycles. The van der Waals surface area contributed by atoms with Crippen molar-refractivity contribution in [3.05, 3.63) is 42.5 Å². The first-order chi connectivity index (χ1) is 8.70. The number of hydrogen-bond acceptors (Lipinski definition) is 4. The molecule has 18 heavy (non-hydrogen) atoms. The van der Waals surface area contributed by atoms with Crippen LogP contribution in [0.25, 0.3) is 0 Å². The first kappa shape index (κ1) is 12.3. The normalized spacial score (nSPS) is 12.1. The average Bonchev–Trinajstić information content (AvgIpc) is 2.78. The van der Waals surface area contributed by atoms with Gasteiger partial charge in [-0.2, -0.15) is 5.10 Å². The van der Waals surface area contributed by atoms with E-state index in [1.54, 1.807) is 42.5 Å². The Bertz CT molecular complexity index is 522. The number of nitrogens with zero attached hydrogens (tertiary/aromatic N) is 3. The number of aryl methyl sites for hydroxylation is 1. The summed E-state index contributed by atoms with van der Waals surface area (Å²) in [7, 11) is 3.55. The van der Waals surface area contributed by atoms with Gasteiger partial charge in [0.1, 0.15) is 6.04 Å². The van der Waals surface area contributed by atoms with E-state index in [9.17, 15) is 4.79 Å². The highest BCUT2D eigenvalue weighted by Gasteiger charge is 2.20. The molecule has 94 valence electrons. The summed E-state index contributed by atoms with van der Waals surface area (Å²) in [6.45, 7) is 0. The second-order valence-corrected chi connectivity index (χ2v) is 3.90. The molecule has 0 aliphatic carbocycles. The summed E-state index contributed by atoms with van der Waals surface area (Å²) < 4.78 is 1.66. The summed E-state index contributed by atoms with van der Waals surface area (Å²) in [5.74, 6) is -0.140. The van der Waals surface area contributed by atoms with Gasteiger partial charge in [0.05, 0.1) is 18.1 Å². The Morgan fingerprint density at radius 2 is 2.28 bits per heavy atom. The summed E-state index contributed by atoms with van der Waals surface area (Å²) in [6.07, 6.45) is 6.74. The lowest BCUT2D eigenvalue weighted by molar-refractivity contribution is -0.118. The van der Waals surface area contributed by atoms with Crippen molar-refractivity contribution in [2.45, 2.75) is 6.04 Å². The molecule has 0 saturated heterocycles. The predicted molar refractivity (Wildman–Crippen MR) is 67.9 cm³/mol. The van der Waals surface area contributed by atoms with Crippen LogP contribution in [-0.4, -0.2) is 27.7 Å². The summed E-state index contributed by atoms with van der Waals surface area (Å²) in [4.78, 5) is 16.1. The van der Waals surface area contributed by atoms with Crippen molar-refractivity contribution in [1.82, 2.24) is 20.1 Å². The van der Waals surface area contributed by atoms with Crippen molar-refractivity contribution in [1.29, 1.82) is 0 Å². The van der Waals surface area contributed by atoms with Crippen LogP contribution in [0, 0.1) is 0 Å². The molecular formula is C12H15N5O. The Morgan fingerprint density at radius 1 is 1.44 bits per heavy atom. The van der Waals surface area contributed by atoms with Gasteiger partial charge in [-0.15, -0.1) is 0 Å². The number of rotatable bonds is 4. The van der Waals surface area contributed by atoms with E-state index in [-0.39, 0.29) is 5.91 Å². The van der Waals surface area contributed by atoms with E-state index in [2.05, 4.69) is 20.7 Å². The highest BCUT2D eigenvalue weighted by molar-refractivity contribution is 5.95. The Morgan fingerprint density at radius 3 is 2.83 bits per heavy atom. The second kappa shape index (κ2) is 5.42. The van der Waals surface area contributed by atoms with Crippen molar-refractivity contribution in [3.63, 3.8) is 0 Å². The SMILES string of the molecule is CNC(C(=O)Nc1cccnc1)c1cnn(C)c1. The second-order valence-electron chi connectivity index (χ2n) is 3.90. The highest BCUT2D eigenvalue weighted by Crippen LogP contribution is 2.14. The molecule has 0 saturated carbocycles. The number of amides is 1. The largest absolute Gasteiger partial charge is 0.323 e. The third-order valence-electron chi connectivity index (χ3n) is 2.54. The zero-order chi connectivity index (χ0) is 13.0. The van der Waals surface area contributed by atoms with Crippen LogP contribution in [0.3, 0.4) is 0 Å². The van der Waals surface area contributed by atoms with Gasteiger partial charge in [-0.05, 0) is 19.2 Å². The standard InChI is InChI=1S/C12H15N5O/c1-13-11(9-6-15-17(2)8-9)12(18)16-10-4-3-5-14-7-10/h3-8,11,13H,1-2H3,(H,16,18). The van der Waals surface area contributed by atoms with E-state index in [4.69, 9.17) is 0 Å². The molecule has 6 heteroatoms. The van der Waals surface area contributed by atoms with Crippen LogP contribution in [-0.2, 0) is 11.8 Å². The lowest BCUT2D eigenvalue weighted by atomic mass is 10.1. The molecule has 2 aromatic heterocycles. The Hall–Kier alpha value is -2.21. The predicted octanol–water partition coefficient (Wildman–Crippen LogP) is 0.714. The molecule has 0 fully saturated rings. The monoisotopic (exact) mass is 245 g/mol. The zero-order valence-electron chi connectivity index (χ0n) is 10.3. The first-order valence-corrected chi connectivity index (χ1v) is 5.57. The maximum atomic E-state index is 12.1. The first-order valence-electron chi connectivity index (χ1n) is 5.57. The molecule has 2 aromatic rings. The van der Waals surface area contributed by atoms with Gasteiger partial charge in [-0.3, -0.25) is 14.5 Å². The summed E-state index contributed by atoms with van der Waals surface area (Å²) >= 11 is 0. The maximum absolute atomic E-state index is 12.1. The number of likely N-dealkylation sites (N-methyl/N-ethyl adjacent to an activating group) is 1. The van der Waals surface area contributed by atoms with E-state index in [0.29, 0.717) is 5.69 Å². The number of pyridine rings is 1. The molecule has 2 N–H and O–H groups in total. The van der Waals surface area contributed by atoms with Crippen LogP contribution in [0.5, 0.6) is 0 Å². The third kappa shape index (κ3) is 2.72. The Kier molecular flexibility index (Phi) is 3.69. The minimum atomic E-state index is -0.432. The van der Waals surface area contributed by atoms with Gasteiger partial charge in [0.2, 0.25) is 5.91 Å². The van der Waals surface area contributed by atoms with Crippen molar-refractivity contribution >= 4 is 11.6 Å². The van der Waals surface area contributed by atoms with Gasteiger partial charge in [0, 0.05) is 25.0 Å². The zero-order valence-corrected chi connectivity index (χ0v) is 10.3. The van der Waals surface area contributed by atoms with Crippen LogP contribution in [0.1, 0.15) is 11.6 Å². The number of nitrogens with one attached hydrogen (secondary N) is 2. The Balaban J connectivity index is 2.11. The molecule has 1 amide bonds. The van der Waals surface area contributed by atoms with E-state index < -0.39 is 6.04 Å². The molecule has 2 heterocycles. The Labute approximate surface area is 105 Å². The maximum Gasteiger partial charge on any atom is 0.246 e. The quantitative estimate of drug-likeness (QED) is 0.832. The van der Waals surface area contributed by atoms with Crippen LogP contribution in [0.4, 0.5) is 5.69 Å². The average molecular weight is 245 g/mol. The molecule has 0 aliphatic heterocycles. The summed E-state index contributed by atoms with van der Waals surface area (Å²) in [6, 6.07) is 3.13. The van der Waals surface area contributed by atoms with Gasteiger partial charge in [0.25, 0.3) is 0 Å². The van der Waals surface area contributed by atoms with Crippen LogP contribution >= 0.6 is 0 Å². The molecule has 1 atom stereocenters. The number of hydrogen-bond donors (Lipinski definition) is 2. The highest BCUT2D eigenvalue weighted by atomic mass is 16.2. The number of carbonyl (C=O) groups excluding carboxylic acids is 1. The van der Waals surface area contributed by atoms with Gasteiger partial charge in [0.15, 0.2) is 0 Å². The lowest BCUT2D eigenvalue weighted by Crippen LogP contribution is -2.30. The minimum Gasteiger partial charge on any atom is -0.323 e. The van der Waals surface area contributed by atoms with E-state index in [0.717, 1.165) is 5.56 Å². The van der Waals surface area contributed by atoms with E-state index in [1.807, 2.05) is 13.2 Å². The van der Waals surface area contributed by atoms with Gasteiger partial charge >= 0.3 is 0 Å². The van der Waals surface area contributed by atoms with Gasteiger partial charge in [-0.1, -0.05) is 0 Å². The molecule has 0 aliphatic rings. The fourth-order valence-corrected chi connectivity index (χ4v) is 1.69. The molecule has 0 bridgehead atoms. The smallest absolute Gasteiger partial charge is 0.246 e.